The number of nitrogens with zero attached hydrogens (tertiary/aromatic N) is 1. The predicted molar refractivity (Wildman–Crippen MR) is 101 cm³/mol. The molecule has 0 heterocycles. The number of nitrogens with one attached hydrogen (secondary N) is 2. The molecule has 5 heteroatoms. The first-order valence-corrected chi connectivity index (χ1v) is 8.35. The summed E-state index contributed by atoms with van der Waals surface area (Å²) >= 11 is 6.00. The minimum atomic E-state index is 0.639. The molecule has 2 aromatic rings. The number of ether oxygens (including phenoxy) is 1. The van der Waals surface area contributed by atoms with Crippen molar-refractivity contribution in [3.05, 3.63) is 70.2 Å². The highest BCUT2D eigenvalue weighted by molar-refractivity contribution is 6.30. The molecule has 0 aliphatic heterocycles. The van der Waals surface area contributed by atoms with Gasteiger partial charge < -0.3 is 15.4 Å². The van der Waals surface area contributed by atoms with E-state index in [1.807, 2.05) is 18.2 Å². The second-order valence-electron chi connectivity index (χ2n) is 5.48. The third-order valence-electron chi connectivity index (χ3n) is 3.61. The lowest BCUT2D eigenvalue weighted by atomic mass is 10.1. The van der Waals surface area contributed by atoms with Gasteiger partial charge in [-0.3, -0.25) is 4.99 Å². The summed E-state index contributed by atoms with van der Waals surface area (Å²) < 4.78 is 5.12. The van der Waals surface area contributed by atoms with Crippen LogP contribution in [0.3, 0.4) is 0 Å². The fourth-order valence-corrected chi connectivity index (χ4v) is 2.56. The van der Waals surface area contributed by atoms with Gasteiger partial charge >= 0.3 is 0 Å². The Bertz CT molecular complexity index is 656. The van der Waals surface area contributed by atoms with E-state index in [0.717, 1.165) is 30.5 Å². The zero-order chi connectivity index (χ0) is 17.2. The number of rotatable bonds is 7. The van der Waals surface area contributed by atoms with E-state index in [1.54, 1.807) is 14.2 Å². The molecule has 0 aliphatic rings. The molecule has 2 rings (SSSR count). The zero-order valence-corrected chi connectivity index (χ0v) is 14.9. The molecule has 0 radical (unpaired) electrons. The second kappa shape index (κ2) is 9.96. The van der Waals surface area contributed by atoms with E-state index in [0.29, 0.717) is 6.61 Å². The maximum absolute atomic E-state index is 6.00. The lowest BCUT2D eigenvalue weighted by molar-refractivity contribution is 0.185. The molecular formula is C19H24ClN3O. The zero-order valence-electron chi connectivity index (χ0n) is 14.2. The third-order valence-corrected chi connectivity index (χ3v) is 3.85. The number of guanidine groups is 1. The van der Waals surface area contributed by atoms with Crippen LogP contribution in [-0.2, 0) is 24.3 Å². The lowest BCUT2D eigenvalue weighted by Gasteiger charge is -2.12. The Balaban J connectivity index is 1.76. The summed E-state index contributed by atoms with van der Waals surface area (Å²) in [5.41, 5.74) is 3.58. The van der Waals surface area contributed by atoms with Crippen LogP contribution in [0.5, 0.6) is 0 Å². The van der Waals surface area contributed by atoms with Gasteiger partial charge in [0, 0.05) is 32.3 Å². The summed E-state index contributed by atoms with van der Waals surface area (Å²) in [6.45, 7) is 2.16. The maximum atomic E-state index is 6.00. The summed E-state index contributed by atoms with van der Waals surface area (Å²) in [6, 6.07) is 16.3. The quantitative estimate of drug-likeness (QED) is 0.597. The third kappa shape index (κ3) is 6.22. The molecule has 0 aromatic heterocycles. The van der Waals surface area contributed by atoms with Crippen LogP contribution >= 0.6 is 11.6 Å². The lowest BCUT2D eigenvalue weighted by Crippen LogP contribution is -2.37. The van der Waals surface area contributed by atoms with Crippen molar-refractivity contribution in [3.63, 3.8) is 0 Å². The monoisotopic (exact) mass is 345 g/mol. The molecule has 0 atom stereocenters. The molecule has 24 heavy (non-hydrogen) atoms. The van der Waals surface area contributed by atoms with Crippen LogP contribution in [0.25, 0.3) is 0 Å². The smallest absolute Gasteiger partial charge is 0.191 e. The first kappa shape index (κ1) is 18.3. The minimum absolute atomic E-state index is 0.639. The number of aliphatic imine (C=N–C) groups is 1. The van der Waals surface area contributed by atoms with Crippen LogP contribution in [0, 0.1) is 0 Å². The summed E-state index contributed by atoms with van der Waals surface area (Å²) in [5.74, 6) is 0.790. The maximum Gasteiger partial charge on any atom is 0.191 e. The van der Waals surface area contributed by atoms with E-state index in [-0.39, 0.29) is 0 Å². The minimum Gasteiger partial charge on any atom is -0.380 e. The van der Waals surface area contributed by atoms with Gasteiger partial charge in [0.05, 0.1) is 6.61 Å². The topological polar surface area (TPSA) is 45.7 Å². The molecule has 0 saturated heterocycles. The van der Waals surface area contributed by atoms with Crippen molar-refractivity contribution in [3.8, 4) is 0 Å². The van der Waals surface area contributed by atoms with Crippen molar-refractivity contribution >= 4 is 17.6 Å². The summed E-state index contributed by atoms with van der Waals surface area (Å²) in [6.07, 6.45) is 0.896. The number of halogens is 1. The Kier molecular flexibility index (Phi) is 7.59. The molecule has 0 saturated carbocycles. The van der Waals surface area contributed by atoms with Crippen molar-refractivity contribution in [1.29, 1.82) is 0 Å². The SMILES string of the molecule is CN=C(NCCc1cccc(Cl)c1)NCc1ccc(COC)cc1. The molecule has 0 bridgehead atoms. The summed E-state index contributed by atoms with van der Waals surface area (Å²) in [7, 11) is 3.48. The number of hydrogen-bond donors (Lipinski definition) is 2. The van der Waals surface area contributed by atoms with E-state index in [2.05, 4.69) is 46.0 Å². The molecule has 0 aliphatic carbocycles. The molecule has 0 fully saturated rings. The Morgan fingerprint density at radius 2 is 1.79 bits per heavy atom. The van der Waals surface area contributed by atoms with Crippen molar-refractivity contribution in [2.24, 2.45) is 4.99 Å². The van der Waals surface area contributed by atoms with Gasteiger partial charge in [-0.1, -0.05) is 48.0 Å². The Labute approximate surface area is 148 Å². The molecule has 128 valence electrons. The summed E-state index contributed by atoms with van der Waals surface area (Å²) in [4.78, 5) is 4.25. The fourth-order valence-electron chi connectivity index (χ4n) is 2.34. The predicted octanol–water partition coefficient (Wildman–Crippen LogP) is 3.39. The fraction of sp³-hybridized carbons (Fsp3) is 0.316. The molecule has 2 N–H and O–H groups in total. The highest BCUT2D eigenvalue weighted by atomic mass is 35.5. The van der Waals surface area contributed by atoms with Crippen molar-refractivity contribution in [1.82, 2.24) is 10.6 Å². The van der Waals surface area contributed by atoms with E-state index >= 15 is 0 Å². The Morgan fingerprint density at radius 1 is 1.04 bits per heavy atom. The Hall–Kier alpha value is -2.04. The largest absolute Gasteiger partial charge is 0.380 e. The first-order valence-electron chi connectivity index (χ1n) is 7.97. The van der Waals surface area contributed by atoms with Gasteiger partial charge in [0.25, 0.3) is 0 Å². The van der Waals surface area contributed by atoms with Crippen LogP contribution in [-0.4, -0.2) is 26.7 Å². The van der Waals surface area contributed by atoms with Crippen molar-refractivity contribution in [2.75, 3.05) is 20.7 Å². The average molecular weight is 346 g/mol. The van der Waals surface area contributed by atoms with Crippen molar-refractivity contribution in [2.45, 2.75) is 19.6 Å². The second-order valence-corrected chi connectivity index (χ2v) is 5.92. The van der Waals surface area contributed by atoms with Gasteiger partial charge in [-0.25, -0.2) is 0 Å². The first-order chi connectivity index (χ1) is 11.7. The van der Waals surface area contributed by atoms with E-state index in [4.69, 9.17) is 16.3 Å². The van der Waals surface area contributed by atoms with Crippen LogP contribution in [0.2, 0.25) is 5.02 Å². The van der Waals surface area contributed by atoms with Crippen molar-refractivity contribution < 1.29 is 4.74 Å². The Morgan fingerprint density at radius 3 is 2.46 bits per heavy atom. The van der Waals surface area contributed by atoms with Crippen LogP contribution in [0.4, 0.5) is 0 Å². The summed E-state index contributed by atoms with van der Waals surface area (Å²) in [5, 5.41) is 7.40. The highest BCUT2D eigenvalue weighted by Crippen LogP contribution is 2.10. The van der Waals surface area contributed by atoms with Gasteiger partial charge in [0.2, 0.25) is 0 Å². The average Bonchev–Trinajstić information content (AvgIpc) is 2.59. The van der Waals surface area contributed by atoms with Crippen LogP contribution in [0.15, 0.2) is 53.5 Å². The van der Waals surface area contributed by atoms with Gasteiger partial charge in [-0.2, -0.15) is 0 Å². The number of methoxy groups -OCH3 is 1. The molecule has 0 unspecified atom stereocenters. The van der Waals surface area contributed by atoms with E-state index in [9.17, 15) is 0 Å². The highest BCUT2D eigenvalue weighted by Gasteiger charge is 2.00. The normalized spacial score (nSPS) is 11.4. The van der Waals surface area contributed by atoms with Gasteiger partial charge in [-0.15, -0.1) is 0 Å². The standard InChI is InChI=1S/C19H24ClN3O/c1-21-19(22-11-10-15-4-3-5-18(20)12-15)23-13-16-6-8-17(9-7-16)14-24-2/h3-9,12H,10-11,13-14H2,1-2H3,(H2,21,22,23). The van der Waals surface area contributed by atoms with Crippen LogP contribution in [0.1, 0.15) is 16.7 Å². The van der Waals surface area contributed by atoms with E-state index < -0.39 is 0 Å². The molecule has 4 nitrogen and oxygen atoms in total. The van der Waals surface area contributed by atoms with Gasteiger partial charge in [0.15, 0.2) is 5.96 Å². The number of benzene rings is 2. The molecule has 0 spiro atoms. The molecule has 0 amide bonds. The van der Waals surface area contributed by atoms with E-state index in [1.165, 1.54) is 16.7 Å². The molecule has 2 aromatic carbocycles. The number of hydrogen-bond acceptors (Lipinski definition) is 2. The van der Waals surface area contributed by atoms with Gasteiger partial charge in [0.1, 0.15) is 0 Å². The molecular weight excluding hydrogens is 322 g/mol. The van der Waals surface area contributed by atoms with Crippen LogP contribution < -0.4 is 10.6 Å². The van der Waals surface area contributed by atoms with Gasteiger partial charge in [-0.05, 0) is 35.2 Å².